The third-order valence-corrected chi connectivity index (χ3v) is 5.28. The molecule has 0 amide bonds. The summed E-state index contributed by atoms with van der Waals surface area (Å²) in [6.45, 7) is 3.35. The molecular formula is C19H21Br2N. The largest absolute Gasteiger partial charge is 0.340 e. The van der Waals surface area contributed by atoms with Crippen LogP contribution in [0.25, 0.3) is 21.8 Å². The van der Waals surface area contributed by atoms with Crippen molar-refractivity contribution in [2.75, 3.05) is 0 Å². The lowest BCUT2D eigenvalue weighted by atomic mass is 10.1. The van der Waals surface area contributed by atoms with E-state index >= 15 is 0 Å². The molecule has 0 aliphatic carbocycles. The molecule has 2 aromatic carbocycles. The Kier molecular flexibility index (Phi) is 5.25. The van der Waals surface area contributed by atoms with Crippen molar-refractivity contribution in [1.29, 1.82) is 0 Å². The SMILES string of the molecule is CCCCCCn1c2ccccc2c2cccc(C(Br)Br)c21. The van der Waals surface area contributed by atoms with E-state index in [0.29, 0.717) is 0 Å². The molecule has 1 heterocycles. The van der Waals surface area contributed by atoms with Crippen LogP contribution in [0.15, 0.2) is 42.5 Å². The van der Waals surface area contributed by atoms with E-state index in [1.807, 2.05) is 0 Å². The molecule has 0 saturated heterocycles. The summed E-state index contributed by atoms with van der Waals surface area (Å²) < 4.78 is 2.69. The normalized spacial score (nSPS) is 11.8. The lowest BCUT2D eigenvalue weighted by molar-refractivity contribution is 0.602. The fourth-order valence-corrected chi connectivity index (χ4v) is 3.98. The van der Waals surface area contributed by atoms with Crippen molar-refractivity contribution in [3.63, 3.8) is 0 Å². The second kappa shape index (κ2) is 7.18. The van der Waals surface area contributed by atoms with Crippen LogP contribution in [0.2, 0.25) is 0 Å². The van der Waals surface area contributed by atoms with Gasteiger partial charge in [0.25, 0.3) is 0 Å². The van der Waals surface area contributed by atoms with E-state index in [0.717, 1.165) is 6.54 Å². The maximum atomic E-state index is 3.69. The van der Waals surface area contributed by atoms with E-state index in [4.69, 9.17) is 0 Å². The first-order valence-corrected chi connectivity index (χ1v) is 9.85. The van der Waals surface area contributed by atoms with Crippen molar-refractivity contribution in [2.45, 2.75) is 42.9 Å². The van der Waals surface area contributed by atoms with Crippen molar-refractivity contribution < 1.29 is 0 Å². The summed E-state index contributed by atoms with van der Waals surface area (Å²) in [6, 6.07) is 15.4. The summed E-state index contributed by atoms with van der Waals surface area (Å²) in [7, 11) is 0. The summed E-state index contributed by atoms with van der Waals surface area (Å²) in [5, 5.41) is 2.71. The average Bonchev–Trinajstić information content (AvgIpc) is 2.86. The minimum Gasteiger partial charge on any atom is -0.340 e. The molecule has 0 atom stereocenters. The van der Waals surface area contributed by atoms with Crippen LogP contribution in [0.5, 0.6) is 0 Å². The molecule has 0 bridgehead atoms. The number of rotatable bonds is 6. The van der Waals surface area contributed by atoms with Crippen LogP contribution in [0.4, 0.5) is 0 Å². The topological polar surface area (TPSA) is 4.93 Å². The van der Waals surface area contributed by atoms with Crippen molar-refractivity contribution in [1.82, 2.24) is 4.57 Å². The zero-order chi connectivity index (χ0) is 15.5. The van der Waals surface area contributed by atoms with Gasteiger partial charge in [-0.25, -0.2) is 0 Å². The van der Waals surface area contributed by atoms with Gasteiger partial charge in [-0.15, -0.1) is 0 Å². The summed E-state index contributed by atoms with van der Waals surface area (Å²) in [6.07, 6.45) is 5.15. The van der Waals surface area contributed by atoms with E-state index in [-0.39, 0.29) is 3.74 Å². The number of aromatic nitrogens is 1. The minimum atomic E-state index is 0.183. The van der Waals surface area contributed by atoms with Gasteiger partial charge in [-0.1, -0.05) is 94.4 Å². The van der Waals surface area contributed by atoms with Crippen molar-refractivity contribution in [2.24, 2.45) is 0 Å². The number of hydrogen-bond acceptors (Lipinski definition) is 0. The van der Waals surface area contributed by atoms with Crippen molar-refractivity contribution in [3.05, 3.63) is 48.0 Å². The maximum Gasteiger partial charge on any atom is 0.0966 e. The summed E-state index contributed by atoms with van der Waals surface area (Å²) in [5.41, 5.74) is 4.02. The Morgan fingerprint density at radius 2 is 1.68 bits per heavy atom. The zero-order valence-corrected chi connectivity index (χ0v) is 16.0. The number of nitrogens with zero attached hydrogens (tertiary/aromatic N) is 1. The van der Waals surface area contributed by atoms with Gasteiger partial charge >= 0.3 is 0 Å². The molecule has 3 rings (SSSR count). The molecule has 116 valence electrons. The molecule has 0 aliphatic heterocycles. The second-order valence-electron chi connectivity index (χ2n) is 5.77. The lowest BCUT2D eigenvalue weighted by Gasteiger charge is -2.11. The molecule has 1 aromatic heterocycles. The van der Waals surface area contributed by atoms with Gasteiger partial charge in [-0.2, -0.15) is 0 Å². The summed E-state index contributed by atoms with van der Waals surface area (Å²) in [4.78, 5) is 0. The number of unbranched alkanes of at least 4 members (excludes halogenated alkanes) is 3. The van der Waals surface area contributed by atoms with Gasteiger partial charge in [0.15, 0.2) is 0 Å². The zero-order valence-electron chi connectivity index (χ0n) is 12.9. The molecule has 0 unspecified atom stereocenters. The minimum absolute atomic E-state index is 0.183. The second-order valence-corrected chi connectivity index (χ2v) is 8.83. The molecule has 0 N–H and O–H groups in total. The van der Waals surface area contributed by atoms with Crippen LogP contribution in [0, 0.1) is 0 Å². The molecule has 3 heteroatoms. The summed E-state index contributed by atoms with van der Waals surface area (Å²) >= 11 is 7.38. The number of benzene rings is 2. The monoisotopic (exact) mass is 421 g/mol. The van der Waals surface area contributed by atoms with Crippen LogP contribution in [0.1, 0.15) is 41.9 Å². The first kappa shape index (κ1) is 16.1. The van der Waals surface area contributed by atoms with E-state index < -0.39 is 0 Å². The number of alkyl halides is 2. The molecule has 0 aliphatic rings. The number of hydrogen-bond donors (Lipinski definition) is 0. The highest BCUT2D eigenvalue weighted by Crippen LogP contribution is 2.38. The third-order valence-electron chi connectivity index (χ3n) is 4.29. The molecule has 0 spiro atoms. The van der Waals surface area contributed by atoms with Gasteiger partial charge in [-0.3, -0.25) is 0 Å². The molecule has 0 fully saturated rings. The highest BCUT2D eigenvalue weighted by molar-refractivity contribution is 9.24. The van der Waals surface area contributed by atoms with Crippen LogP contribution in [0.3, 0.4) is 0 Å². The van der Waals surface area contributed by atoms with E-state index in [2.05, 4.69) is 85.8 Å². The van der Waals surface area contributed by atoms with E-state index in [1.165, 1.54) is 53.1 Å². The molecule has 22 heavy (non-hydrogen) atoms. The van der Waals surface area contributed by atoms with Crippen LogP contribution < -0.4 is 0 Å². The Morgan fingerprint density at radius 1 is 0.909 bits per heavy atom. The van der Waals surface area contributed by atoms with Gasteiger partial charge < -0.3 is 4.57 Å². The standard InChI is InChI=1S/C19H21Br2N/c1-2-3-4-7-13-22-17-12-6-5-9-14(17)15-10-8-11-16(18(15)22)19(20)21/h5-6,8-12,19H,2-4,7,13H2,1H3. The lowest BCUT2D eigenvalue weighted by Crippen LogP contribution is -2.00. The third kappa shape index (κ3) is 2.98. The van der Waals surface area contributed by atoms with Gasteiger partial charge in [-0.05, 0) is 12.5 Å². The number of fused-ring (bicyclic) bond motifs is 3. The Hall–Kier alpha value is -0.800. The quantitative estimate of drug-likeness (QED) is 0.293. The van der Waals surface area contributed by atoms with Crippen molar-refractivity contribution >= 4 is 53.7 Å². The smallest absolute Gasteiger partial charge is 0.0966 e. The maximum absolute atomic E-state index is 3.69. The van der Waals surface area contributed by atoms with Crippen molar-refractivity contribution in [3.8, 4) is 0 Å². The number of aryl methyl sites for hydroxylation is 1. The van der Waals surface area contributed by atoms with Crippen LogP contribution in [-0.4, -0.2) is 4.57 Å². The predicted octanol–water partition coefficient (Wildman–Crippen LogP) is 7.16. The Labute approximate surface area is 149 Å². The van der Waals surface area contributed by atoms with Gasteiger partial charge in [0, 0.05) is 28.4 Å². The highest BCUT2D eigenvalue weighted by atomic mass is 79.9. The van der Waals surface area contributed by atoms with Gasteiger partial charge in [0.1, 0.15) is 0 Å². The van der Waals surface area contributed by atoms with Crippen LogP contribution in [-0.2, 0) is 6.54 Å². The number of para-hydroxylation sites is 2. The first-order valence-electron chi connectivity index (χ1n) is 8.02. The summed E-state index contributed by atoms with van der Waals surface area (Å²) in [5.74, 6) is 0. The van der Waals surface area contributed by atoms with Crippen LogP contribution >= 0.6 is 31.9 Å². The number of halogens is 2. The average molecular weight is 423 g/mol. The van der Waals surface area contributed by atoms with E-state index in [1.54, 1.807) is 0 Å². The fourth-order valence-electron chi connectivity index (χ4n) is 3.24. The Balaban J connectivity index is 2.16. The first-order chi connectivity index (χ1) is 10.7. The Bertz CT molecular complexity index is 774. The Morgan fingerprint density at radius 3 is 2.45 bits per heavy atom. The molecule has 3 aromatic rings. The fraction of sp³-hybridized carbons (Fsp3) is 0.368. The van der Waals surface area contributed by atoms with Gasteiger partial charge in [0.2, 0.25) is 0 Å². The molecule has 1 nitrogen and oxygen atoms in total. The molecule has 0 radical (unpaired) electrons. The van der Waals surface area contributed by atoms with Gasteiger partial charge in [0.05, 0.1) is 9.25 Å². The molecular weight excluding hydrogens is 402 g/mol. The van der Waals surface area contributed by atoms with E-state index in [9.17, 15) is 0 Å². The predicted molar refractivity (Wildman–Crippen MR) is 104 cm³/mol. The highest BCUT2D eigenvalue weighted by Gasteiger charge is 2.16. The molecule has 0 saturated carbocycles.